The van der Waals surface area contributed by atoms with Crippen LogP contribution in [0.4, 0.5) is 0 Å². The predicted molar refractivity (Wildman–Crippen MR) is 314 cm³/mol. The molecule has 0 amide bonds. The fraction of sp³-hybridized carbons (Fsp3) is 0.415. The van der Waals surface area contributed by atoms with Crippen LogP contribution >= 0.6 is 0 Å². The van der Waals surface area contributed by atoms with E-state index in [1.807, 2.05) is 0 Å². The first kappa shape index (κ1) is 56.7. The van der Waals surface area contributed by atoms with Gasteiger partial charge >= 0.3 is 5.97 Å². The lowest BCUT2D eigenvalue weighted by molar-refractivity contribution is -0.170. The molecule has 1 saturated carbocycles. The van der Waals surface area contributed by atoms with Crippen LogP contribution in [0, 0.1) is 29.1 Å². The normalized spacial score (nSPS) is 20.8. The lowest BCUT2D eigenvalue weighted by atomic mass is 9.56. The standard InChI is InChI=1S/C65H84O6Si3/c1-49(48-69-72(62(3,4)5,51-32-20-14-21-33-51)52-34-22-15-23-35-52)46-59(70-73(63(6,7)8,53-36-24-16-25-37-53)54-38-26-17-27-39-54)57-47-58(61(67)68-13)65(12,44-45-66)60(50(57)2)71-74(64(9,10)11,55-40-28-18-29-41-55)56-42-30-19-31-43-56/h14-43,45,49-50,57-60H,44,46-48H2,1-13H3/t49-,50-,57+,58?,59-,60+,65-/m0/s1. The summed E-state index contributed by atoms with van der Waals surface area (Å²) >= 11 is 0. The zero-order chi connectivity index (χ0) is 53.6. The molecule has 1 fully saturated rings. The minimum absolute atomic E-state index is 0.0166. The van der Waals surface area contributed by atoms with Crippen molar-refractivity contribution in [3.8, 4) is 0 Å². The second-order valence-electron chi connectivity index (χ2n) is 24.5. The summed E-state index contributed by atoms with van der Waals surface area (Å²) in [5.74, 6) is -1.37. The number of benzene rings is 6. The molecule has 0 N–H and O–H groups in total. The average molecular weight is 1050 g/mol. The van der Waals surface area contributed by atoms with Crippen molar-refractivity contribution in [3.63, 3.8) is 0 Å². The molecule has 7 rings (SSSR count). The van der Waals surface area contributed by atoms with Crippen molar-refractivity contribution in [2.24, 2.45) is 29.1 Å². The molecule has 1 aliphatic rings. The molecular formula is C65H84O6Si3. The minimum Gasteiger partial charge on any atom is -0.469 e. The van der Waals surface area contributed by atoms with Gasteiger partial charge in [-0.1, -0.05) is 265 Å². The van der Waals surface area contributed by atoms with Gasteiger partial charge in [-0.15, -0.1) is 0 Å². The van der Waals surface area contributed by atoms with Gasteiger partial charge in [-0.25, -0.2) is 0 Å². The molecule has 392 valence electrons. The fourth-order valence-electron chi connectivity index (χ4n) is 13.1. The van der Waals surface area contributed by atoms with Crippen LogP contribution in [0.25, 0.3) is 0 Å². The Morgan fingerprint density at radius 1 is 0.581 bits per heavy atom. The molecule has 0 bridgehead atoms. The van der Waals surface area contributed by atoms with Gasteiger partial charge in [0.2, 0.25) is 0 Å². The Balaban J connectivity index is 1.46. The van der Waals surface area contributed by atoms with Crippen LogP contribution in [0.2, 0.25) is 15.1 Å². The smallest absolute Gasteiger partial charge is 0.309 e. The van der Waals surface area contributed by atoms with Crippen LogP contribution in [0.1, 0.15) is 102 Å². The van der Waals surface area contributed by atoms with Crippen molar-refractivity contribution in [2.75, 3.05) is 13.7 Å². The van der Waals surface area contributed by atoms with Crippen molar-refractivity contribution in [3.05, 3.63) is 182 Å². The van der Waals surface area contributed by atoms with E-state index in [0.717, 1.165) is 16.7 Å². The molecule has 0 saturated heterocycles. The van der Waals surface area contributed by atoms with E-state index in [2.05, 4.69) is 265 Å². The molecule has 6 nitrogen and oxygen atoms in total. The van der Waals surface area contributed by atoms with Crippen LogP contribution < -0.4 is 31.1 Å². The monoisotopic (exact) mass is 1040 g/mol. The zero-order valence-corrected chi connectivity index (χ0v) is 49.6. The Morgan fingerprint density at radius 2 is 0.919 bits per heavy atom. The Bertz CT molecular complexity index is 2580. The molecule has 1 unspecified atom stereocenters. The van der Waals surface area contributed by atoms with Gasteiger partial charge < -0.3 is 22.8 Å². The number of carbonyl (C=O) groups excluding carboxylic acids is 2. The number of esters is 1. The highest BCUT2D eigenvalue weighted by Crippen LogP contribution is 2.55. The largest absolute Gasteiger partial charge is 0.469 e. The van der Waals surface area contributed by atoms with Gasteiger partial charge in [-0.2, -0.15) is 0 Å². The number of hydrogen-bond donors (Lipinski definition) is 0. The molecule has 1 aliphatic carbocycles. The molecular weight excluding hydrogens is 961 g/mol. The minimum atomic E-state index is -3.28. The first-order valence-corrected chi connectivity index (χ1v) is 32.7. The van der Waals surface area contributed by atoms with Crippen LogP contribution in [0.3, 0.4) is 0 Å². The Hall–Kier alpha value is -5.01. The number of hydrogen-bond acceptors (Lipinski definition) is 6. The highest BCUT2D eigenvalue weighted by atomic mass is 28.4. The van der Waals surface area contributed by atoms with Crippen molar-refractivity contribution >= 4 is 68.3 Å². The highest BCUT2D eigenvalue weighted by molar-refractivity contribution is 7.00. The number of aldehydes is 1. The quantitative estimate of drug-likeness (QED) is 0.0457. The van der Waals surface area contributed by atoms with E-state index >= 15 is 0 Å². The van der Waals surface area contributed by atoms with Gasteiger partial charge in [0, 0.05) is 24.5 Å². The average Bonchev–Trinajstić information content (AvgIpc) is 3.38. The first-order valence-electron chi connectivity index (χ1n) is 27.0. The van der Waals surface area contributed by atoms with Gasteiger partial charge in [0.15, 0.2) is 0 Å². The third-order valence-electron chi connectivity index (χ3n) is 16.7. The van der Waals surface area contributed by atoms with Crippen LogP contribution in [-0.2, 0) is 27.6 Å². The molecule has 0 heterocycles. The molecule has 7 atom stereocenters. The Labute approximate surface area is 448 Å². The number of methoxy groups -OCH3 is 1. The summed E-state index contributed by atoms with van der Waals surface area (Å²) in [6.07, 6.45) is 1.30. The van der Waals surface area contributed by atoms with Crippen LogP contribution in [-0.4, -0.2) is 63.1 Å². The van der Waals surface area contributed by atoms with E-state index in [0.29, 0.717) is 19.4 Å². The van der Waals surface area contributed by atoms with Gasteiger partial charge in [-0.05, 0) is 76.8 Å². The van der Waals surface area contributed by atoms with E-state index in [9.17, 15) is 9.59 Å². The van der Waals surface area contributed by atoms with Crippen molar-refractivity contribution in [1.29, 1.82) is 0 Å². The van der Waals surface area contributed by atoms with E-state index in [1.165, 1.54) is 27.9 Å². The third kappa shape index (κ3) is 10.8. The molecule has 6 aromatic rings. The van der Waals surface area contributed by atoms with Gasteiger partial charge in [0.05, 0.1) is 19.1 Å². The fourth-order valence-corrected chi connectivity index (χ4v) is 27.4. The van der Waals surface area contributed by atoms with Crippen molar-refractivity contribution in [1.82, 2.24) is 0 Å². The first-order chi connectivity index (χ1) is 35.1. The van der Waals surface area contributed by atoms with Crippen molar-refractivity contribution < 1.29 is 27.6 Å². The van der Waals surface area contributed by atoms with Gasteiger partial charge in [-0.3, -0.25) is 4.79 Å². The van der Waals surface area contributed by atoms with Gasteiger partial charge in [0.1, 0.15) is 6.29 Å². The summed E-state index contributed by atoms with van der Waals surface area (Å²) < 4.78 is 30.3. The molecule has 9 heteroatoms. The second kappa shape index (κ2) is 23.1. The van der Waals surface area contributed by atoms with E-state index in [1.54, 1.807) is 0 Å². The Kier molecular flexibility index (Phi) is 17.7. The van der Waals surface area contributed by atoms with Crippen LogP contribution in [0.15, 0.2) is 182 Å². The second-order valence-corrected chi connectivity index (χ2v) is 37.4. The maximum Gasteiger partial charge on any atom is 0.309 e. The molecule has 74 heavy (non-hydrogen) atoms. The molecule has 0 spiro atoms. The number of rotatable bonds is 19. The summed E-state index contributed by atoms with van der Waals surface area (Å²) in [6.45, 7) is 28.1. The SMILES string of the molecule is COC(=O)C1C[C@@H]([C@H](C[C@H](C)CO[Si](c2ccccc2)(c2ccccc2)C(C)(C)C)O[Si](c2ccccc2)(c2ccccc2)C(C)(C)C)[C@H](C)[C@@H](O[Si](c2ccccc2)(c2ccccc2)C(C)(C)C)[C@@]1(C)CC=O. The van der Waals surface area contributed by atoms with E-state index in [-0.39, 0.29) is 51.4 Å². The summed E-state index contributed by atoms with van der Waals surface area (Å²) in [7, 11) is -7.96. The summed E-state index contributed by atoms with van der Waals surface area (Å²) in [5.41, 5.74) is -0.919. The third-order valence-corrected chi connectivity index (χ3v) is 31.8. The van der Waals surface area contributed by atoms with Crippen LogP contribution in [0.5, 0.6) is 0 Å². The summed E-state index contributed by atoms with van der Waals surface area (Å²) in [6, 6.07) is 64.9. The van der Waals surface area contributed by atoms with E-state index < -0.39 is 42.4 Å². The number of ether oxygens (including phenoxy) is 1. The predicted octanol–water partition coefficient (Wildman–Crippen LogP) is 11.5. The van der Waals surface area contributed by atoms with Crippen molar-refractivity contribution in [2.45, 2.75) is 130 Å². The lowest BCUT2D eigenvalue weighted by Gasteiger charge is -2.58. The lowest BCUT2D eigenvalue weighted by Crippen LogP contribution is -2.71. The molecule has 0 radical (unpaired) electrons. The molecule has 0 aliphatic heterocycles. The number of carbonyl (C=O) groups is 2. The zero-order valence-electron chi connectivity index (χ0n) is 46.6. The van der Waals surface area contributed by atoms with E-state index in [4.69, 9.17) is 18.0 Å². The molecule has 0 aromatic heterocycles. The summed E-state index contributed by atoms with van der Waals surface area (Å²) in [4.78, 5) is 28.1. The summed E-state index contributed by atoms with van der Waals surface area (Å²) in [5, 5.41) is 6.24. The molecule has 6 aromatic carbocycles. The highest BCUT2D eigenvalue weighted by Gasteiger charge is 2.62. The topological polar surface area (TPSA) is 71.1 Å². The Morgan fingerprint density at radius 3 is 1.24 bits per heavy atom. The van der Waals surface area contributed by atoms with Gasteiger partial charge in [0.25, 0.3) is 25.0 Å². The maximum absolute atomic E-state index is 14.8. The maximum atomic E-state index is 14.8.